The maximum Gasteiger partial charge on any atom is 0.332 e. The lowest BCUT2D eigenvalue weighted by Gasteiger charge is -2.07. The lowest BCUT2D eigenvalue weighted by molar-refractivity contribution is -0.148. The van der Waals surface area contributed by atoms with Crippen LogP contribution in [0.3, 0.4) is 0 Å². The fourth-order valence-electron chi connectivity index (χ4n) is 0.732. The second-order valence-corrected chi connectivity index (χ2v) is 2.20. The molecule has 60 valence electrons. The first-order chi connectivity index (χ1) is 4.72. The quantitative estimate of drug-likeness (QED) is 0.635. The van der Waals surface area contributed by atoms with Gasteiger partial charge in [0.05, 0.1) is 0 Å². The Morgan fingerprint density at radius 2 is 2.30 bits per heavy atom. The van der Waals surface area contributed by atoms with E-state index in [4.69, 9.17) is 9.84 Å². The zero-order valence-electron chi connectivity index (χ0n) is 6.46. The molecular weight excluding hydrogens is 132 g/mol. The van der Waals surface area contributed by atoms with E-state index in [1.165, 1.54) is 7.11 Å². The summed E-state index contributed by atoms with van der Waals surface area (Å²) in [7, 11) is 1.43. The first kappa shape index (κ1) is 9.43. The van der Waals surface area contributed by atoms with Crippen molar-refractivity contribution in [2.75, 3.05) is 7.11 Å². The van der Waals surface area contributed by atoms with Crippen LogP contribution in [0.1, 0.15) is 26.2 Å². The summed E-state index contributed by atoms with van der Waals surface area (Å²) in [6, 6.07) is 0. The van der Waals surface area contributed by atoms with Crippen molar-refractivity contribution in [2.24, 2.45) is 0 Å². The highest BCUT2D eigenvalue weighted by Crippen LogP contribution is 2.03. The largest absolute Gasteiger partial charge is 0.479 e. The molecule has 0 aromatic rings. The molecule has 0 aliphatic rings. The van der Waals surface area contributed by atoms with Crippen LogP contribution in [0.5, 0.6) is 0 Å². The molecule has 0 aliphatic carbocycles. The highest BCUT2D eigenvalue weighted by molar-refractivity contribution is 5.72. The summed E-state index contributed by atoms with van der Waals surface area (Å²) in [5.41, 5.74) is 0. The van der Waals surface area contributed by atoms with Gasteiger partial charge < -0.3 is 9.84 Å². The monoisotopic (exact) mass is 146 g/mol. The Morgan fingerprint density at radius 3 is 2.60 bits per heavy atom. The molecule has 0 aliphatic heterocycles. The number of unbranched alkanes of at least 4 members (excludes halogenated alkanes) is 1. The summed E-state index contributed by atoms with van der Waals surface area (Å²) in [5.74, 6) is -0.865. The van der Waals surface area contributed by atoms with Gasteiger partial charge in [-0.25, -0.2) is 4.79 Å². The first-order valence-electron chi connectivity index (χ1n) is 3.48. The molecule has 0 saturated carbocycles. The molecule has 3 heteroatoms. The van der Waals surface area contributed by atoms with E-state index in [1.807, 2.05) is 6.92 Å². The van der Waals surface area contributed by atoms with Crippen molar-refractivity contribution in [3.63, 3.8) is 0 Å². The van der Waals surface area contributed by atoms with E-state index in [2.05, 4.69) is 0 Å². The third-order valence-electron chi connectivity index (χ3n) is 1.38. The van der Waals surface area contributed by atoms with Crippen molar-refractivity contribution in [2.45, 2.75) is 32.3 Å². The molecule has 0 radical (unpaired) electrons. The Bertz CT molecular complexity index is 101. The first-order valence-corrected chi connectivity index (χ1v) is 3.48. The predicted molar refractivity (Wildman–Crippen MR) is 38.0 cm³/mol. The number of hydrogen-bond donors (Lipinski definition) is 1. The van der Waals surface area contributed by atoms with Gasteiger partial charge >= 0.3 is 5.97 Å². The Balaban J connectivity index is 3.50. The fraction of sp³-hybridized carbons (Fsp3) is 0.857. The summed E-state index contributed by atoms with van der Waals surface area (Å²) in [6.07, 6.45) is 1.92. The number of carboxylic acids is 1. The van der Waals surface area contributed by atoms with Gasteiger partial charge in [-0.3, -0.25) is 0 Å². The van der Waals surface area contributed by atoms with Crippen LogP contribution in [0.25, 0.3) is 0 Å². The van der Waals surface area contributed by atoms with Crippen molar-refractivity contribution in [3.8, 4) is 0 Å². The maximum atomic E-state index is 10.3. The molecule has 1 atom stereocenters. The molecule has 1 N–H and O–H groups in total. The van der Waals surface area contributed by atoms with Gasteiger partial charge in [-0.1, -0.05) is 19.8 Å². The standard InChI is InChI=1S/C7H14O3/c1-3-4-5-6(10-2)7(8)9/h6H,3-5H2,1-2H3,(H,8,9)/t6-/m1/s1. The van der Waals surface area contributed by atoms with Crippen LogP contribution in [-0.4, -0.2) is 24.3 Å². The van der Waals surface area contributed by atoms with Crippen LogP contribution in [0.4, 0.5) is 0 Å². The maximum absolute atomic E-state index is 10.3. The van der Waals surface area contributed by atoms with Gasteiger partial charge in [0.25, 0.3) is 0 Å². The molecule has 0 aromatic heterocycles. The third-order valence-corrected chi connectivity index (χ3v) is 1.38. The van der Waals surface area contributed by atoms with E-state index in [-0.39, 0.29) is 0 Å². The predicted octanol–water partition coefficient (Wildman–Crippen LogP) is 1.28. The number of rotatable bonds is 5. The van der Waals surface area contributed by atoms with Crippen LogP contribution < -0.4 is 0 Å². The minimum absolute atomic E-state index is 0.611. The molecular formula is C7H14O3. The number of carboxylic acid groups (broad SMARTS) is 1. The van der Waals surface area contributed by atoms with Crippen LogP contribution in [-0.2, 0) is 9.53 Å². The summed E-state index contributed by atoms with van der Waals surface area (Å²) < 4.78 is 4.71. The third kappa shape index (κ3) is 3.45. The number of hydrogen-bond acceptors (Lipinski definition) is 2. The van der Waals surface area contributed by atoms with Crippen molar-refractivity contribution in [3.05, 3.63) is 0 Å². The fourth-order valence-corrected chi connectivity index (χ4v) is 0.732. The van der Waals surface area contributed by atoms with Gasteiger partial charge in [-0.05, 0) is 6.42 Å². The molecule has 0 bridgehead atoms. The molecule has 0 rings (SSSR count). The zero-order chi connectivity index (χ0) is 7.98. The molecule has 0 spiro atoms. The number of carbonyl (C=O) groups is 1. The van der Waals surface area contributed by atoms with Crippen LogP contribution in [0.15, 0.2) is 0 Å². The normalized spacial score (nSPS) is 13.0. The molecule has 0 heterocycles. The minimum atomic E-state index is -0.865. The molecule has 0 aromatic carbocycles. The topological polar surface area (TPSA) is 46.5 Å². The Labute approximate surface area is 61.0 Å². The SMILES string of the molecule is CCCC[C@@H](OC)C(=O)O. The van der Waals surface area contributed by atoms with Gasteiger partial charge in [0.15, 0.2) is 6.10 Å². The van der Waals surface area contributed by atoms with Crippen molar-refractivity contribution < 1.29 is 14.6 Å². The highest BCUT2D eigenvalue weighted by atomic mass is 16.5. The van der Waals surface area contributed by atoms with E-state index in [9.17, 15) is 4.79 Å². The van der Waals surface area contributed by atoms with E-state index in [1.54, 1.807) is 0 Å². The van der Waals surface area contributed by atoms with Gasteiger partial charge in [-0.2, -0.15) is 0 Å². The summed E-state index contributed by atoms with van der Waals surface area (Å²) in [6.45, 7) is 2.02. The second-order valence-electron chi connectivity index (χ2n) is 2.20. The average molecular weight is 146 g/mol. The molecule has 0 fully saturated rings. The number of aliphatic carboxylic acids is 1. The molecule has 3 nitrogen and oxygen atoms in total. The van der Waals surface area contributed by atoms with Crippen LogP contribution in [0.2, 0.25) is 0 Å². The smallest absolute Gasteiger partial charge is 0.332 e. The lowest BCUT2D eigenvalue weighted by Crippen LogP contribution is -2.21. The van der Waals surface area contributed by atoms with Gasteiger partial charge in [0.1, 0.15) is 0 Å². The van der Waals surface area contributed by atoms with E-state index in [0.717, 1.165) is 12.8 Å². The summed E-state index contributed by atoms with van der Waals surface area (Å²) in [4.78, 5) is 10.3. The lowest BCUT2D eigenvalue weighted by atomic mass is 10.2. The molecule has 0 saturated heterocycles. The Kier molecular flexibility index (Phi) is 4.94. The van der Waals surface area contributed by atoms with Crippen molar-refractivity contribution in [1.29, 1.82) is 0 Å². The second kappa shape index (κ2) is 5.23. The van der Waals surface area contributed by atoms with Crippen LogP contribution >= 0.6 is 0 Å². The Hall–Kier alpha value is -0.570. The van der Waals surface area contributed by atoms with E-state index < -0.39 is 12.1 Å². The zero-order valence-corrected chi connectivity index (χ0v) is 6.46. The average Bonchev–Trinajstić information content (AvgIpc) is 1.89. The number of methoxy groups -OCH3 is 1. The van der Waals surface area contributed by atoms with Gasteiger partial charge in [0, 0.05) is 7.11 Å². The molecule has 10 heavy (non-hydrogen) atoms. The van der Waals surface area contributed by atoms with E-state index in [0.29, 0.717) is 6.42 Å². The van der Waals surface area contributed by atoms with Gasteiger partial charge in [-0.15, -0.1) is 0 Å². The molecule has 0 amide bonds. The summed E-state index contributed by atoms with van der Waals surface area (Å²) in [5, 5.41) is 8.47. The molecule has 0 unspecified atom stereocenters. The highest BCUT2D eigenvalue weighted by Gasteiger charge is 2.14. The number of ether oxygens (including phenoxy) is 1. The van der Waals surface area contributed by atoms with E-state index >= 15 is 0 Å². The van der Waals surface area contributed by atoms with Crippen LogP contribution in [0, 0.1) is 0 Å². The summed E-state index contributed by atoms with van der Waals surface area (Å²) >= 11 is 0. The minimum Gasteiger partial charge on any atom is -0.479 e. The van der Waals surface area contributed by atoms with Gasteiger partial charge in [0.2, 0.25) is 0 Å². The van der Waals surface area contributed by atoms with Crippen molar-refractivity contribution >= 4 is 5.97 Å². The Morgan fingerprint density at radius 1 is 1.70 bits per heavy atom. The van der Waals surface area contributed by atoms with Crippen molar-refractivity contribution in [1.82, 2.24) is 0 Å².